The first kappa shape index (κ1) is 31.8. The topological polar surface area (TPSA) is 43.4 Å². The van der Waals surface area contributed by atoms with Crippen LogP contribution in [-0.4, -0.2) is 32.1 Å². The number of ether oxygens (including phenoxy) is 1. The molecular formula is C32H51O3PS. The van der Waals surface area contributed by atoms with Crippen LogP contribution in [0.1, 0.15) is 123 Å². The summed E-state index contributed by atoms with van der Waals surface area (Å²) < 4.78 is 32.3. The molecule has 0 aliphatic heterocycles. The first-order chi connectivity index (χ1) is 16.6. The lowest BCUT2D eigenvalue weighted by Crippen LogP contribution is -2.34. The number of methoxy groups -OCH3 is 1. The Morgan fingerprint density at radius 3 is 1.49 bits per heavy atom. The highest BCUT2D eigenvalue weighted by Crippen LogP contribution is 2.62. The van der Waals surface area contributed by atoms with Gasteiger partial charge in [-0.05, 0) is 74.4 Å². The van der Waals surface area contributed by atoms with E-state index in [9.17, 15) is 8.42 Å². The van der Waals surface area contributed by atoms with Gasteiger partial charge < -0.3 is 4.74 Å². The molecule has 0 spiro atoms. The van der Waals surface area contributed by atoms with Crippen molar-refractivity contribution in [3.8, 4) is 16.9 Å². The maximum atomic E-state index is 13.1. The van der Waals surface area contributed by atoms with Crippen molar-refractivity contribution < 1.29 is 13.2 Å². The molecule has 2 aromatic carbocycles. The maximum absolute atomic E-state index is 13.1. The molecule has 0 amide bonds. The van der Waals surface area contributed by atoms with Crippen LogP contribution in [0.3, 0.4) is 0 Å². The Bertz CT molecular complexity index is 1200. The molecule has 0 fully saturated rings. The fourth-order valence-electron chi connectivity index (χ4n) is 5.67. The SMILES string of the molecule is COc1c(S(C)(=O)=O)cc(C)c(-c2c(C(C)C)cc(C(C)C)cc2C(C)C)c1P(C(C)(C)C)C(C)(C)C. The zero-order valence-electron chi connectivity index (χ0n) is 26.0. The molecule has 0 aliphatic rings. The highest BCUT2D eigenvalue weighted by atomic mass is 32.2. The van der Waals surface area contributed by atoms with E-state index >= 15 is 0 Å². The zero-order chi connectivity index (χ0) is 28.8. The predicted octanol–water partition coefficient (Wildman–Crippen LogP) is 9.15. The largest absolute Gasteiger partial charge is 0.495 e. The quantitative estimate of drug-likeness (QED) is 0.325. The summed E-state index contributed by atoms with van der Waals surface area (Å²) in [7, 11) is -2.74. The van der Waals surface area contributed by atoms with E-state index in [1.165, 1.54) is 34.1 Å². The molecule has 2 rings (SSSR count). The Labute approximate surface area is 229 Å². The number of hydrogen-bond acceptors (Lipinski definition) is 3. The van der Waals surface area contributed by atoms with Crippen LogP contribution in [0.5, 0.6) is 5.75 Å². The van der Waals surface area contributed by atoms with Crippen molar-refractivity contribution in [2.45, 2.75) is 123 Å². The van der Waals surface area contributed by atoms with Gasteiger partial charge in [0, 0.05) is 11.6 Å². The van der Waals surface area contributed by atoms with Crippen molar-refractivity contribution in [3.05, 3.63) is 40.5 Å². The molecule has 5 heteroatoms. The van der Waals surface area contributed by atoms with Crippen LogP contribution < -0.4 is 10.0 Å². The number of rotatable bonds is 7. The fourth-order valence-corrected chi connectivity index (χ4v) is 10.9. The minimum Gasteiger partial charge on any atom is -0.495 e. The molecule has 0 radical (unpaired) electrons. The highest BCUT2D eigenvalue weighted by molar-refractivity contribution is 7.90. The first-order valence-corrected chi connectivity index (χ1v) is 16.8. The minimum atomic E-state index is -3.50. The van der Waals surface area contributed by atoms with E-state index in [2.05, 4.69) is 102 Å². The molecule has 208 valence electrons. The lowest BCUT2D eigenvalue weighted by molar-refractivity contribution is 0.406. The third-order valence-corrected chi connectivity index (χ3v) is 11.6. The molecule has 0 N–H and O–H groups in total. The average Bonchev–Trinajstić information content (AvgIpc) is 2.69. The Morgan fingerprint density at radius 1 is 0.757 bits per heavy atom. The van der Waals surface area contributed by atoms with Crippen LogP contribution in [0.15, 0.2) is 23.1 Å². The Balaban J connectivity index is 3.39. The molecule has 0 heterocycles. The summed E-state index contributed by atoms with van der Waals surface area (Å²) in [6.45, 7) is 29.3. The van der Waals surface area contributed by atoms with E-state index in [1.807, 2.05) is 6.07 Å². The van der Waals surface area contributed by atoms with E-state index < -0.39 is 17.8 Å². The van der Waals surface area contributed by atoms with Gasteiger partial charge in [-0.15, -0.1) is 0 Å². The summed E-state index contributed by atoms with van der Waals surface area (Å²) in [4.78, 5) is 0.295. The van der Waals surface area contributed by atoms with E-state index in [0.717, 1.165) is 10.9 Å². The third-order valence-electron chi connectivity index (χ3n) is 6.97. The van der Waals surface area contributed by atoms with Crippen LogP contribution in [0.2, 0.25) is 0 Å². The summed E-state index contributed by atoms with van der Waals surface area (Å²) in [6.07, 6.45) is 1.29. The van der Waals surface area contributed by atoms with Gasteiger partial charge in [-0.25, -0.2) is 8.42 Å². The van der Waals surface area contributed by atoms with Gasteiger partial charge in [0.15, 0.2) is 9.84 Å². The highest BCUT2D eigenvalue weighted by Gasteiger charge is 2.41. The van der Waals surface area contributed by atoms with Crippen LogP contribution >= 0.6 is 7.92 Å². The number of aryl methyl sites for hydroxylation is 1. The lowest BCUT2D eigenvalue weighted by Gasteiger charge is -2.44. The Morgan fingerprint density at radius 2 is 1.19 bits per heavy atom. The molecule has 0 atom stereocenters. The molecule has 0 aromatic heterocycles. The zero-order valence-corrected chi connectivity index (χ0v) is 27.8. The van der Waals surface area contributed by atoms with E-state index in [0.29, 0.717) is 28.4 Å². The van der Waals surface area contributed by atoms with Crippen LogP contribution in [0.25, 0.3) is 11.1 Å². The van der Waals surface area contributed by atoms with Crippen LogP contribution in [0.4, 0.5) is 0 Å². The van der Waals surface area contributed by atoms with Gasteiger partial charge in [0.05, 0.1) is 7.11 Å². The second kappa shape index (κ2) is 11.0. The standard InChI is InChI=1S/C32H51O3PS/c1-19(2)23-17-24(20(3)4)28(25(18-23)21(5)6)27-22(7)16-26(37(15,33)34)29(35-14)30(27)36(31(8,9)10)32(11,12)13/h16-21H,1-15H3. The minimum absolute atomic E-state index is 0.0773. The van der Waals surface area contributed by atoms with Crippen LogP contribution in [-0.2, 0) is 9.84 Å². The van der Waals surface area contributed by atoms with Crippen molar-refractivity contribution in [2.75, 3.05) is 13.4 Å². The average molecular weight is 547 g/mol. The smallest absolute Gasteiger partial charge is 0.179 e. The monoisotopic (exact) mass is 546 g/mol. The number of benzene rings is 2. The first-order valence-electron chi connectivity index (χ1n) is 13.5. The van der Waals surface area contributed by atoms with Crippen LogP contribution in [0, 0.1) is 6.92 Å². The summed E-state index contributed by atoms with van der Waals surface area (Å²) >= 11 is 0. The normalized spacial score (nSPS) is 13.4. The molecule has 0 saturated carbocycles. The van der Waals surface area contributed by atoms with E-state index in [1.54, 1.807) is 7.11 Å². The van der Waals surface area contributed by atoms with Gasteiger partial charge in [-0.1, -0.05) is 103 Å². The summed E-state index contributed by atoms with van der Waals surface area (Å²) in [6, 6.07) is 6.61. The van der Waals surface area contributed by atoms with Crippen molar-refractivity contribution in [3.63, 3.8) is 0 Å². The molecule has 37 heavy (non-hydrogen) atoms. The van der Waals surface area contributed by atoms with Gasteiger partial charge in [0.25, 0.3) is 0 Å². The predicted molar refractivity (Wildman–Crippen MR) is 165 cm³/mol. The van der Waals surface area contributed by atoms with Gasteiger partial charge in [0.2, 0.25) is 0 Å². The third kappa shape index (κ3) is 6.62. The number of hydrogen-bond donors (Lipinski definition) is 0. The lowest BCUT2D eigenvalue weighted by atomic mass is 9.80. The summed E-state index contributed by atoms with van der Waals surface area (Å²) in [5.41, 5.74) is 7.43. The number of sulfone groups is 1. The maximum Gasteiger partial charge on any atom is 0.179 e. The molecule has 0 aliphatic carbocycles. The van der Waals surface area contributed by atoms with Crippen molar-refractivity contribution in [1.82, 2.24) is 0 Å². The van der Waals surface area contributed by atoms with Gasteiger partial charge in [-0.2, -0.15) is 0 Å². The molecule has 3 nitrogen and oxygen atoms in total. The van der Waals surface area contributed by atoms with Crippen molar-refractivity contribution in [1.29, 1.82) is 0 Å². The Hall–Kier alpha value is -1.38. The van der Waals surface area contributed by atoms with Crippen molar-refractivity contribution in [2.24, 2.45) is 0 Å². The van der Waals surface area contributed by atoms with E-state index in [-0.39, 0.29) is 10.3 Å². The summed E-state index contributed by atoms with van der Waals surface area (Å²) in [5.74, 6) is 1.58. The van der Waals surface area contributed by atoms with Gasteiger partial charge in [0.1, 0.15) is 10.6 Å². The molecular weight excluding hydrogens is 495 g/mol. The van der Waals surface area contributed by atoms with Gasteiger partial charge in [-0.3, -0.25) is 0 Å². The second-order valence-electron chi connectivity index (χ2n) is 13.4. The molecule has 0 unspecified atom stereocenters. The second-order valence-corrected chi connectivity index (χ2v) is 19.2. The van der Waals surface area contributed by atoms with Crippen molar-refractivity contribution >= 4 is 23.1 Å². The Kier molecular flexibility index (Phi) is 9.47. The molecule has 0 saturated heterocycles. The summed E-state index contributed by atoms with van der Waals surface area (Å²) in [5, 5.41) is 0.928. The molecule has 2 aromatic rings. The fraction of sp³-hybridized carbons (Fsp3) is 0.625. The van der Waals surface area contributed by atoms with Gasteiger partial charge >= 0.3 is 0 Å². The van der Waals surface area contributed by atoms with E-state index in [4.69, 9.17) is 4.74 Å². The molecule has 0 bridgehead atoms.